The predicted octanol–water partition coefficient (Wildman–Crippen LogP) is 4.10. The van der Waals surface area contributed by atoms with E-state index in [2.05, 4.69) is 27.5 Å². The molecule has 5 heteroatoms. The number of pyridine rings is 1. The first-order valence-corrected chi connectivity index (χ1v) is 7.39. The van der Waals surface area contributed by atoms with Gasteiger partial charge in [-0.15, -0.1) is 0 Å². The lowest BCUT2D eigenvalue weighted by Gasteiger charge is -2.15. The standard InChI is InChI=1S/C16H17N3OS/c1-3-20-14-6-4-5-13-15(14)18-16(21)19(13)11(2)12-7-9-17-10-8-12/h4-11H,3H2,1-2H3,(H,18,21). The van der Waals surface area contributed by atoms with Crippen LogP contribution in [0, 0.1) is 4.77 Å². The number of imidazole rings is 1. The van der Waals surface area contributed by atoms with Crippen LogP contribution in [0.1, 0.15) is 25.5 Å². The third-order valence-corrected chi connectivity index (χ3v) is 3.89. The number of rotatable bonds is 4. The summed E-state index contributed by atoms with van der Waals surface area (Å²) in [7, 11) is 0. The van der Waals surface area contributed by atoms with E-state index in [1.165, 1.54) is 5.56 Å². The van der Waals surface area contributed by atoms with E-state index in [0.29, 0.717) is 11.4 Å². The van der Waals surface area contributed by atoms with E-state index in [1.807, 2.05) is 31.2 Å². The van der Waals surface area contributed by atoms with E-state index in [4.69, 9.17) is 17.0 Å². The van der Waals surface area contributed by atoms with Crippen molar-refractivity contribution in [1.29, 1.82) is 0 Å². The molecule has 0 aliphatic carbocycles. The fourth-order valence-electron chi connectivity index (χ4n) is 2.57. The number of aromatic nitrogens is 3. The molecule has 0 saturated carbocycles. The summed E-state index contributed by atoms with van der Waals surface area (Å²) in [4.78, 5) is 7.34. The Labute approximate surface area is 128 Å². The third-order valence-electron chi connectivity index (χ3n) is 3.59. The number of H-pyrrole nitrogens is 1. The maximum absolute atomic E-state index is 5.67. The minimum atomic E-state index is 0.131. The maximum Gasteiger partial charge on any atom is 0.178 e. The van der Waals surface area contributed by atoms with Crippen LogP contribution in [-0.2, 0) is 0 Å². The Morgan fingerprint density at radius 3 is 2.76 bits per heavy atom. The van der Waals surface area contributed by atoms with Gasteiger partial charge in [-0.25, -0.2) is 0 Å². The first kappa shape index (κ1) is 13.8. The molecule has 4 nitrogen and oxygen atoms in total. The van der Waals surface area contributed by atoms with Crippen molar-refractivity contribution in [2.75, 3.05) is 6.61 Å². The number of ether oxygens (including phenoxy) is 1. The first-order chi connectivity index (χ1) is 10.2. The van der Waals surface area contributed by atoms with Crippen LogP contribution >= 0.6 is 12.2 Å². The summed E-state index contributed by atoms with van der Waals surface area (Å²) in [5, 5.41) is 0. The van der Waals surface area contributed by atoms with E-state index in [0.717, 1.165) is 16.8 Å². The van der Waals surface area contributed by atoms with Gasteiger partial charge in [-0.1, -0.05) is 6.07 Å². The number of nitrogens with zero attached hydrogens (tertiary/aromatic N) is 2. The second-order valence-electron chi connectivity index (χ2n) is 4.84. The minimum absolute atomic E-state index is 0.131. The monoisotopic (exact) mass is 299 g/mol. The summed E-state index contributed by atoms with van der Waals surface area (Å²) < 4.78 is 8.48. The second kappa shape index (κ2) is 5.69. The highest BCUT2D eigenvalue weighted by Crippen LogP contribution is 2.29. The van der Waals surface area contributed by atoms with E-state index in [-0.39, 0.29) is 6.04 Å². The summed E-state index contributed by atoms with van der Waals surface area (Å²) in [5.74, 6) is 0.835. The van der Waals surface area contributed by atoms with Crippen LogP contribution in [0.2, 0.25) is 0 Å². The molecule has 3 aromatic rings. The van der Waals surface area contributed by atoms with Crippen LogP contribution in [0.25, 0.3) is 11.0 Å². The highest BCUT2D eigenvalue weighted by atomic mass is 32.1. The minimum Gasteiger partial charge on any atom is -0.492 e. The van der Waals surface area contributed by atoms with E-state index < -0.39 is 0 Å². The zero-order valence-electron chi connectivity index (χ0n) is 12.0. The summed E-state index contributed by atoms with van der Waals surface area (Å²) >= 11 is 5.51. The molecule has 0 aliphatic heterocycles. The quantitative estimate of drug-likeness (QED) is 0.737. The van der Waals surface area contributed by atoms with Gasteiger partial charge < -0.3 is 14.3 Å². The second-order valence-corrected chi connectivity index (χ2v) is 5.23. The Hall–Kier alpha value is -2.14. The Morgan fingerprint density at radius 1 is 1.29 bits per heavy atom. The number of hydrogen-bond acceptors (Lipinski definition) is 3. The zero-order valence-corrected chi connectivity index (χ0v) is 12.9. The van der Waals surface area contributed by atoms with Crippen LogP contribution in [0.4, 0.5) is 0 Å². The maximum atomic E-state index is 5.67. The molecule has 0 saturated heterocycles. The van der Waals surface area contributed by atoms with E-state index >= 15 is 0 Å². The van der Waals surface area contributed by atoms with Crippen molar-refractivity contribution in [1.82, 2.24) is 14.5 Å². The Kier molecular flexibility index (Phi) is 3.75. The fraction of sp³-hybridized carbons (Fsp3) is 0.250. The Morgan fingerprint density at radius 2 is 2.05 bits per heavy atom. The fourth-order valence-corrected chi connectivity index (χ4v) is 2.93. The van der Waals surface area contributed by atoms with Crippen molar-refractivity contribution in [3.05, 3.63) is 53.1 Å². The summed E-state index contributed by atoms with van der Waals surface area (Å²) in [6, 6.07) is 10.2. The highest BCUT2D eigenvalue weighted by molar-refractivity contribution is 7.71. The Balaban J connectivity index is 2.17. The number of fused-ring (bicyclic) bond motifs is 1. The molecule has 2 aromatic heterocycles. The van der Waals surface area contributed by atoms with Gasteiger partial charge in [0.25, 0.3) is 0 Å². The third kappa shape index (κ3) is 2.45. The van der Waals surface area contributed by atoms with Crippen LogP contribution in [0.3, 0.4) is 0 Å². The van der Waals surface area contributed by atoms with Crippen LogP contribution < -0.4 is 4.74 Å². The molecule has 1 N–H and O–H groups in total. The average Bonchev–Trinajstić information content (AvgIpc) is 2.85. The van der Waals surface area contributed by atoms with Gasteiger partial charge in [0.1, 0.15) is 11.3 Å². The van der Waals surface area contributed by atoms with Crippen LogP contribution in [0.5, 0.6) is 5.75 Å². The zero-order chi connectivity index (χ0) is 14.8. The van der Waals surface area contributed by atoms with Gasteiger partial charge >= 0.3 is 0 Å². The molecule has 1 atom stereocenters. The average molecular weight is 299 g/mol. The molecule has 0 spiro atoms. The molecule has 21 heavy (non-hydrogen) atoms. The van der Waals surface area contributed by atoms with Gasteiger partial charge in [-0.3, -0.25) is 4.98 Å². The smallest absolute Gasteiger partial charge is 0.178 e. The molecular formula is C16H17N3OS. The highest BCUT2D eigenvalue weighted by Gasteiger charge is 2.15. The molecular weight excluding hydrogens is 282 g/mol. The van der Waals surface area contributed by atoms with Crippen molar-refractivity contribution in [2.45, 2.75) is 19.9 Å². The molecule has 0 bridgehead atoms. The van der Waals surface area contributed by atoms with Crippen LogP contribution in [0.15, 0.2) is 42.7 Å². The summed E-state index contributed by atoms with van der Waals surface area (Å²) in [6.45, 7) is 4.74. The number of para-hydroxylation sites is 1. The lowest BCUT2D eigenvalue weighted by molar-refractivity contribution is 0.343. The molecule has 108 valence electrons. The van der Waals surface area contributed by atoms with Gasteiger partial charge in [-0.05, 0) is 55.9 Å². The first-order valence-electron chi connectivity index (χ1n) is 6.98. The molecule has 3 rings (SSSR count). The SMILES string of the molecule is CCOc1cccc2c1[nH]c(=S)n2C(C)c1ccncc1. The van der Waals surface area contributed by atoms with E-state index in [9.17, 15) is 0 Å². The molecule has 2 heterocycles. The Bertz CT molecular complexity index is 807. The van der Waals surface area contributed by atoms with Gasteiger partial charge in [-0.2, -0.15) is 0 Å². The van der Waals surface area contributed by atoms with Gasteiger partial charge in [0.15, 0.2) is 4.77 Å². The molecule has 0 amide bonds. The summed E-state index contributed by atoms with van der Waals surface area (Å²) in [6.07, 6.45) is 3.60. The van der Waals surface area contributed by atoms with Crippen molar-refractivity contribution >= 4 is 23.3 Å². The lowest BCUT2D eigenvalue weighted by Crippen LogP contribution is -2.06. The lowest BCUT2D eigenvalue weighted by atomic mass is 10.1. The van der Waals surface area contributed by atoms with Gasteiger partial charge in [0, 0.05) is 12.4 Å². The van der Waals surface area contributed by atoms with Gasteiger partial charge in [0.2, 0.25) is 0 Å². The number of nitrogens with one attached hydrogen (secondary N) is 1. The molecule has 0 radical (unpaired) electrons. The molecule has 0 fully saturated rings. The van der Waals surface area contributed by atoms with Crippen molar-refractivity contribution in [3.63, 3.8) is 0 Å². The number of aromatic amines is 1. The van der Waals surface area contributed by atoms with Crippen LogP contribution in [-0.4, -0.2) is 21.1 Å². The van der Waals surface area contributed by atoms with E-state index in [1.54, 1.807) is 12.4 Å². The van der Waals surface area contributed by atoms with Crippen molar-refractivity contribution < 1.29 is 4.74 Å². The van der Waals surface area contributed by atoms with Crippen molar-refractivity contribution in [2.24, 2.45) is 0 Å². The largest absolute Gasteiger partial charge is 0.492 e. The topological polar surface area (TPSA) is 42.8 Å². The number of hydrogen-bond donors (Lipinski definition) is 1. The molecule has 1 aromatic carbocycles. The number of benzene rings is 1. The predicted molar refractivity (Wildman–Crippen MR) is 86.3 cm³/mol. The normalized spacial score (nSPS) is 12.5. The van der Waals surface area contributed by atoms with Gasteiger partial charge in [0.05, 0.1) is 18.2 Å². The molecule has 1 unspecified atom stereocenters. The molecule has 0 aliphatic rings. The van der Waals surface area contributed by atoms with Crippen molar-refractivity contribution in [3.8, 4) is 5.75 Å². The summed E-state index contributed by atoms with van der Waals surface area (Å²) in [5.41, 5.74) is 3.17.